The first-order chi connectivity index (χ1) is 8.38. The van der Waals surface area contributed by atoms with Crippen molar-refractivity contribution < 1.29 is 0 Å². The Morgan fingerprint density at radius 2 is 1.71 bits per heavy atom. The summed E-state index contributed by atoms with van der Waals surface area (Å²) < 4.78 is 0. The molecule has 0 fully saturated rings. The van der Waals surface area contributed by atoms with Crippen molar-refractivity contribution in [1.82, 2.24) is 0 Å². The lowest BCUT2D eigenvalue weighted by Crippen LogP contribution is -1.92. The molecular formula is C17H25. The van der Waals surface area contributed by atoms with E-state index in [0.29, 0.717) is 0 Å². The highest BCUT2D eigenvalue weighted by molar-refractivity contribution is 5.35. The van der Waals surface area contributed by atoms with Gasteiger partial charge in [-0.05, 0) is 24.0 Å². The maximum absolute atomic E-state index is 3.77. The van der Waals surface area contributed by atoms with Crippen LogP contribution in [0.3, 0.4) is 0 Å². The van der Waals surface area contributed by atoms with Crippen LogP contribution in [-0.4, -0.2) is 0 Å². The van der Waals surface area contributed by atoms with Crippen molar-refractivity contribution >= 4 is 0 Å². The van der Waals surface area contributed by atoms with Gasteiger partial charge in [0.25, 0.3) is 0 Å². The number of benzene rings is 1. The number of unbranched alkanes of at least 4 members (excludes halogenated alkanes) is 5. The van der Waals surface area contributed by atoms with Gasteiger partial charge in [0, 0.05) is 6.42 Å². The Labute approximate surface area is 107 Å². The van der Waals surface area contributed by atoms with Gasteiger partial charge in [0.15, 0.2) is 0 Å². The molecule has 0 spiro atoms. The number of hydrogen-bond donors (Lipinski definition) is 0. The van der Waals surface area contributed by atoms with Gasteiger partial charge in [0.1, 0.15) is 0 Å². The van der Waals surface area contributed by atoms with Crippen molar-refractivity contribution in [3.8, 4) is 0 Å². The summed E-state index contributed by atoms with van der Waals surface area (Å²) in [4.78, 5) is 0. The SMILES string of the molecule is C=C[CH]c1ccccc1CCCCCCCC. The van der Waals surface area contributed by atoms with E-state index in [9.17, 15) is 0 Å². The zero-order chi connectivity index (χ0) is 12.3. The third-order valence-electron chi connectivity index (χ3n) is 3.15. The van der Waals surface area contributed by atoms with Gasteiger partial charge in [-0.1, -0.05) is 69.4 Å². The van der Waals surface area contributed by atoms with Gasteiger partial charge >= 0.3 is 0 Å². The standard InChI is InChI=1S/C17H25/c1-3-5-6-7-8-9-13-17-15-11-10-14-16(17)12-4-2/h4,10-12,14-15H,2-3,5-9,13H2,1H3. The van der Waals surface area contributed by atoms with E-state index in [1.807, 2.05) is 6.08 Å². The summed E-state index contributed by atoms with van der Waals surface area (Å²) in [6.07, 6.45) is 13.4. The van der Waals surface area contributed by atoms with Crippen LogP contribution in [0.25, 0.3) is 0 Å². The highest BCUT2D eigenvalue weighted by Gasteiger charge is 2.00. The molecule has 1 aromatic rings. The minimum Gasteiger partial charge on any atom is -0.102 e. The van der Waals surface area contributed by atoms with E-state index in [1.165, 1.54) is 56.1 Å². The zero-order valence-corrected chi connectivity index (χ0v) is 11.1. The fraction of sp³-hybridized carbons (Fsp3) is 0.471. The first kappa shape index (κ1) is 14.0. The predicted octanol–water partition coefficient (Wildman–Crippen LogP) is 5.33. The largest absolute Gasteiger partial charge is 0.102 e. The highest BCUT2D eigenvalue weighted by Crippen LogP contribution is 2.15. The molecule has 0 N–H and O–H groups in total. The van der Waals surface area contributed by atoms with Crippen molar-refractivity contribution in [3.63, 3.8) is 0 Å². The third kappa shape index (κ3) is 5.72. The summed E-state index contributed by atoms with van der Waals surface area (Å²) in [7, 11) is 0. The molecule has 1 radical (unpaired) electrons. The molecule has 0 amide bonds. The molecule has 1 rings (SSSR count). The molecule has 0 saturated carbocycles. The molecule has 0 aromatic heterocycles. The normalized spacial score (nSPS) is 10.4. The molecule has 0 saturated heterocycles. The van der Waals surface area contributed by atoms with E-state index in [1.54, 1.807) is 0 Å². The van der Waals surface area contributed by atoms with Gasteiger partial charge in [-0.25, -0.2) is 0 Å². The highest BCUT2D eigenvalue weighted by atomic mass is 14.0. The molecule has 1 aromatic carbocycles. The Morgan fingerprint density at radius 3 is 2.47 bits per heavy atom. The first-order valence-corrected chi connectivity index (χ1v) is 6.92. The van der Waals surface area contributed by atoms with Crippen LogP contribution in [-0.2, 0) is 6.42 Å². The maximum atomic E-state index is 3.77. The van der Waals surface area contributed by atoms with Crippen molar-refractivity contribution in [2.24, 2.45) is 0 Å². The molecule has 0 heterocycles. The monoisotopic (exact) mass is 229 g/mol. The second-order valence-electron chi connectivity index (χ2n) is 4.62. The average Bonchev–Trinajstić information content (AvgIpc) is 2.36. The van der Waals surface area contributed by atoms with Gasteiger partial charge in [-0.15, -0.1) is 6.58 Å². The van der Waals surface area contributed by atoms with Gasteiger partial charge in [0.2, 0.25) is 0 Å². The van der Waals surface area contributed by atoms with Crippen LogP contribution < -0.4 is 0 Å². The van der Waals surface area contributed by atoms with Crippen LogP contribution >= 0.6 is 0 Å². The molecule has 0 aliphatic heterocycles. The quantitative estimate of drug-likeness (QED) is 0.502. The van der Waals surface area contributed by atoms with Crippen LogP contribution in [0.4, 0.5) is 0 Å². The summed E-state index contributed by atoms with van der Waals surface area (Å²) in [6, 6.07) is 8.64. The smallest absolute Gasteiger partial charge is 0.0122 e. The second-order valence-corrected chi connectivity index (χ2v) is 4.62. The molecule has 0 bridgehead atoms. The first-order valence-electron chi connectivity index (χ1n) is 6.92. The summed E-state index contributed by atoms with van der Waals surface area (Å²) in [5.74, 6) is 0. The number of hydrogen-bond acceptors (Lipinski definition) is 0. The van der Waals surface area contributed by atoms with Gasteiger partial charge < -0.3 is 0 Å². The second kappa shape index (κ2) is 9.04. The van der Waals surface area contributed by atoms with Crippen molar-refractivity contribution in [1.29, 1.82) is 0 Å². The summed E-state index contributed by atoms with van der Waals surface area (Å²) in [5, 5.41) is 0. The molecule has 17 heavy (non-hydrogen) atoms. The summed E-state index contributed by atoms with van der Waals surface area (Å²) >= 11 is 0. The summed E-state index contributed by atoms with van der Waals surface area (Å²) in [6.45, 7) is 6.04. The van der Waals surface area contributed by atoms with E-state index in [4.69, 9.17) is 0 Å². The molecule has 0 atom stereocenters. The van der Waals surface area contributed by atoms with Gasteiger partial charge in [-0.2, -0.15) is 0 Å². The van der Waals surface area contributed by atoms with Crippen LogP contribution in [0.5, 0.6) is 0 Å². The Balaban J connectivity index is 2.28. The Morgan fingerprint density at radius 1 is 1.00 bits per heavy atom. The molecule has 0 aliphatic rings. The third-order valence-corrected chi connectivity index (χ3v) is 3.15. The molecule has 0 aliphatic carbocycles. The van der Waals surface area contributed by atoms with E-state index < -0.39 is 0 Å². The Bertz CT molecular complexity index is 312. The maximum Gasteiger partial charge on any atom is 0.0122 e. The van der Waals surface area contributed by atoms with E-state index in [0.717, 1.165) is 0 Å². The number of rotatable bonds is 9. The van der Waals surface area contributed by atoms with E-state index in [2.05, 4.69) is 44.2 Å². The lowest BCUT2D eigenvalue weighted by molar-refractivity contribution is 0.607. The minimum absolute atomic E-state index is 1.20. The van der Waals surface area contributed by atoms with Crippen molar-refractivity contribution in [2.75, 3.05) is 0 Å². The topological polar surface area (TPSA) is 0 Å². The van der Waals surface area contributed by atoms with Gasteiger partial charge in [-0.3, -0.25) is 0 Å². The molecule has 93 valence electrons. The molecule has 0 unspecified atom stereocenters. The Kier molecular flexibility index (Phi) is 7.46. The van der Waals surface area contributed by atoms with Crippen LogP contribution in [0.2, 0.25) is 0 Å². The Hall–Kier alpha value is -1.04. The molecular weight excluding hydrogens is 204 g/mol. The van der Waals surface area contributed by atoms with Crippen LogP contribution in [0.15, 0.2) is 36.9 Å². The van der Waals surface area contributed by atoms with Crippen LogP contribution in [0.1, 0.15) is 56.6 Å². The molecule has 0 heteroatoms. The predicted molar refractivity (Wildman–Crippen MR) is 77.1 cm³/mol. The van der Waals surface area contributed by atoms with Crippen molar-refractivity contribution in [3.05, 3.63) is 54.5 Å². The number of aryl methyl sites for hydroxylation is 1. The fourth-order valence-electron chi connectivity index (χ4n) is 2.15. The molecule has 0 nitrogen and oxygen atoms in total. The summed E-state index contributed by atoms with van der Waals surface area (Å²) in [5.41, 5.74) is 2.79. The van der Waals surface area contributed by atoms with Crippen LogP contribution in [0, 0.1) is 6.42 Å². The lowest BCUT2D eigenvalue weighted by Gasteiger charge is -2.07. The zero-order valence-electron chi connectivity index (χ0n) is 11.1. The minimum atomic E-state index is 1.20. The number of allylic oxidation sites excluding steroid dienone is 1. The van der Waals surface area contributed by atoms with Crippen molar-refractivity contribution in [2.45, 2.75) is 51.9 Å². The fourth-order valence-corrected chi connectivity index (χ4v) is 2.15. The lowest BCUT2D eigenvalue weighted by atomic mass is 9.98. The average molecular weight is 229 g/mol. The van der Waals surface area contributed by atoms with Gasteiger partial charge in [0.05, 0.1) is 0 Å². The van der Waals surface area contributed by atoms with E-state index in [-0.39, 0.29) is 0 Å². The van der Waals surface area contributed by atoms with E-state index >= 15 is 0 Å².